The van der Waals surface area contributed by atoms with E-state index in [0.29, 0.717) is 27.8 Å². The minimum Gasteiger partial charge on any atom is -0.321 e. The minimum atomic E-state index is -0.327. The Labute approximate surface area is 203 Å². The number of hydrogen-bond donors (Lipinski definition) is 2. The van der Waals surface area contributed by atoms with Crippen LogP contribution in [0.4, 0.5) is 15.2 Å². The SMILES string of the molecule is CCC(Sc1cccc(NC(=O)c2cccs2)c1)C(=O)Nc1nc(-c2ccc(F)cc2)cs1. The highest BCUT2D eigenvalue weighted by atomic mass is 32.2. The number of thioether (sulfide) groups is 1. The Bertz CT molecular complexity index is 1240. The molecule has 0 radical (unpaired) electrons. The molecule has 2 N–H and O–H groups in total. The van der Waals surface area contributed by atoms with E-state index in [1.807, 2.05) is 48.0 Å². The molecule has 4 aromatic rings. The van der Waals surface area contributed by atoms with E-state index in [4.69, 9.17) is 0 Å². The van der Waals surface area contributed by atoms with Gasteiger partial charge in [-0.05, 0) is 60.3 Å². The van der Waals surface area contributed by atoms with E-state index in [1.165, 1.54) is 46.6 Å². The van der Waals surface area contributed by atoms with Gasteiger partial charge in [-0.1, -0.05) is 19.1 Å². The molecule has 0 aliphatic rings. The number of amides is 2. The van der Waals surface area contributed by atoms with Crippen LogP contribution in [0.1, 0.15) is 23.0 Å². The molecule has 1 unspecified atom stereocenters. The topological polar surface area (TPSA) is 71.1 Å². The van der Waals surface area contributed by atoms with Gasteiger partial charge in [0.15, 0.2) is 5.13 Å². The van der Waals surface area contributed by atoms with E-state index in [0.717, 1.165) is 10.5 Å². The maximum atomic E-state index is 13.1. The van der Waals surface area contributed by atoms with Gasteiger partial charge in [-0.25, -0.2) is 9.37 Å². The normalized spacial score (nSPS) is 11.7. The molecule has 2 heterocycles. The Morgan fingerprint density at radius 3 is 2.61 bits per heavy atom. The lowest BCUT2D eigenvalue weighted by Gasteiger charge is -2.14. The summed E-state index contributed by atoms with van der Waals surface area (Å²) < 4.78 is 13.1. The number of carbonyl (C=O) groups is 2. The van der Waals surface area contributed by atoms with Crippen molar-refractivity contribution in [3.63, 3.8) is 0 Å². The van der Waals surface area contributed by atoms with Gasteiger partial charge in [0.25, 0.3) is 5.91 Å². The summed E-state index contributed by atoms with van der Waals surface area (Å²) in [6, 6.07) is 17.1. The Hall–Kier alpha value is -3.01. The predicted molar refractivity (Wildman–Crippen MR) is 135 cm³/mol. The molecule has 2 aromatic heterocycles. The monoisotopic (exact) mass is 497 g/mol. The van der Waals surface area contributed by atoms with Crippen molar-refractivity contribution in [3.05, 3.63) is 82.1 Å². The predicted octanol–water partition coefficient (Wildman–Crippen LogP) is 6.77. The van der Waals surface area contributed by atoms with Crippen LogP contribution >= 0.6 is 34.4 Å². The summed E-state index contributed by atoms with van der Waals surface area (Å²) in [7, 11) is 0. The van der Waals surface area contributed by atoms with E-state index in [2.05, 4.69) is 15.6 Å². The maximum Gasteiger partial charge on any atom is 0.265 e. The highest BCUT2D eigenvalue weighted by molar-refractivity contribution is 8.00. The number of halogens is 1. The number of nitrogens with zero attached hydrogens (tertiary/aromatic N) is 1. The highest BCUT2D eigenvalue weighted by Crippen LogP contribution is 2.30. The van der Waals surface area contributed by atoms with Gasteiger partial charge in [0.2, 0.25) is 5.91 Å². The van der Waals surface area contributed by atoms with Crippen molar-refractivity contribution in [2.75, 3.05) is 10.6 Å². The molecule has 0 fully saturated rings. The molecule has 0 saturated carbocycles. The van der Waals surface area contributed by atoms with E-state index in [1.54, 1.807) is 18.2 Å². The first kappa shape index (κ1) is 23.2. The van der Waals surface area contributed by atoms with Gasteiger partial charge < -0.3 is 10.6 Å². The maximum absolute atomic E-state index is 13.1. The summed E-state index contributed by atoms with van der Waals surface area (Å²) in [5, 5.41) is 9.63. The number of thiophene rings is 1. The van der Waals surface area contributed by atoms with Crippen molar-refractivity contribution < 1.29 is 14.0 Å². The fourth-order valence-electron chi connectivity index (χ4n) is 3.00. The van der Waals surface area contributed by atoms with Crippen LogP contribution in [0.25, 0.3) is 11.3 Å². The molecule has 1 atom stereocenters. The number of rotatable bonds is 8. The molecule has 5 nitrogen and oxygen atoms in total. The van der Waals surface area contributed by atoms with Gasteiger partial charge in [0.1, 0.15) is 5.82 Å². The van der Waals surface area contributed by atoms with E-state index in [9.17, 15) is 14.0 Å². The molecule has 168 valence electrons. The first-order valence-electron chi connectivity index (χ1n) is 10.2. The van der Waals surface area contributed by atoms with E-state index >= 15 is 0 Å². The van der Waals surface area contributed by atoms with Gasteiger partial charge in [-0.2, -0.15) is 0 Å². The fraction of sp³-hybridized carbons (Fsp3) is 0.125. The summed E-state index contributed by atoms with van der Waals surface area (Å²) in [5.41, 5.74) is 2.15. The number of thiazole rings is 1. The standard InChI is InChI=1S/C24H20FN3O2S3/c1-2-20(22(29)28-24-27-19(14-32-24)15-8-10-16(25)11-9-15)33-18-6-3-5-17(13-18)26-23(30)21-7-4-12-31-21/h3-14,20H,2H2,1H3,(H,26,30)(H,27,28,29). The van der Waals surface area contributed by atoms with Gasteiger partial charge >= 0.3 is 0 Å². The molecular weight excluding hydrogens is 477 g/mol. The van der Waals surface area contributed by atoms with E-state index in [-0.39, 0.29) is 22.9 Å². The Balaban J connectivity index is 1.39. The molecular formula is C24H20FN3O2S3. The lowest BCUT2D eigenvalue weighted by atomic mass is 10.2. The lowest BCUT2D eigenvalue weighted by molar-refractivity contribution is -0.115. The molecule has 2 aromatic carbocycles. The second kappa shape index (κ2) is 10.7. The van der Waals surface area contributed by atoms with Gasteiger partial charge in [0, 0.05) is 21.5 Å². The third-order valence-electron chi connectivity index (χ3n) is 4.65. The Morgan fingerprint density at radius 1 is 1.06 bits per heavy atom. The third kappa shape index (κ3) is 6.07. The zero-order chi connectivity index (χ0) is 23.2. The number of benzene rings is 2. The number of anilines is 2. The second-order valence-corrected chi connectivity index (χ2v) is 10.1. The van der Waals surface area contributed by atoms with Gasteiger partial charge in [0.05, 0.1) is 15.8 Å². The first-order chi connectivity index (χ1) is 16.0. The molecule has 9 heteroatoms. The quantitative estimate of drug-likeness (QED) is 0.264. The molecule has 0 saturated heterocycles. The van der Waals surface area contributed by atoms with Crippen LogP contribution in [0.15, 0.2) is 76.3 Å². The fourth-order valence-corrected chi connectivity index (χ4v) is 5.36. The Kier molecular flexibility index (Phi) is 7.54. The van der Waals surface area contributed by atoms with Crippen LogP contribution in [-0.4, -0.2) is 22.0 Å². The minimum absolute atomic E-state index is 0.143. The third-order valence-corrected chi connectivity index (χ3v) is 7.64. The Morgan fingerprint density at radius 2 is 1.88 bits per heavy atom. The number of hydrogen-bond acceptors (Lipinski definition) is 6. The highest BCUT2D eigenvalue weighted by Gasteiger charge is 2.20. The number of nitrogens with one attached hydrogen (secondary N) is 2. The van der Waals surface area contributed by atoms with Gasteiger partial charge in [-0.15, -0.1) is 34.4 Å². The average Bonchev–Trinajstić information content (AvgIpc) is 3.51. The van der Waals surface area contributed by atoms with Crippen molar-refractivity contribution in [1.29, 1.82) is 0 Å². The summed E-state index contributed by atoms with van der Waals surface area (Å²) in [5.74, 6) is -0.603. The van der Waals surface area contributed by atoms with Crippen LogP contribution in [0.3, 0.4) is 0 Å². The van der Waals surface area contributed by atoms with Crippen LogP contribution in [0.2, 0.25) is 0 Å². The molecule has 0 spiro atoms. The van der Waals surface area contributed by atoms with Crippen LogP contribution < -0.4 is 10.6 Å². The smallest absolute Gasteiger partial charge is 0.265 e. The summed E-state index contributed by atoms with van der Waals surface area (Å²) in [6.45, 7) is 1.95. The molecule has 0 bridgehead atoms. The summed E-state index contributed by atoms with van der Waals surface area (Å²) >= 11 is 4.14. The molecule has 0 aliphatic carbocycles. The van der Waals surface area contributed by atoms with Crippen molar-refractivity contribution in [2.45, 2.75) is 23.5 Å². The first-order valence-corrected chi connectivity index (χ1v) is 12.8. The molecule has 2 amide bonds. The molecule has 33 heavy (non-hydrogen) atoms. The largest absolute Gasteiger partial charge is 0.321 e. The van der Waals surface area contributed by atoms with Crippen molar-refractivity contribution in [1.82, 2.24) is 4.98 Å². The van der Waals surface area contributed by atoms with Crippen molar-refractivity contribution in [2.24, 2.45) is 0 Å². The average molecular weight is 498 g/mol. The van der Waals surface area contributed by atoms with E-state index < -0.39 is 0 Å². The molecule has 0 aliphatic heterocycles. The van der Waals surface area contributed by atoms with Gasteiger partial charge in [-0.3, -0.25) is 9.59 Å². The zero-order valence-electron chi connectivity index (χ0n) is 17.6. The zero-order valence-corrected chi connectivity index (χ0v) is 20.0. The second-order valence-electron chi connectivity index (χ2n) is 7.01. The molecule has 4 rings (SSSR count). The van der Waals surface area contributed by atoms with Crippen molar-refractivity contribution >= 4 is 57.1 Å². The summed E-state index contributed by atoms with van der Waals surface area (Å²) in [4.78, 5) is 31.2. The van der Waals surface area contributed by atoms with Crippen molar-refractivity contribution in [3.8, 4) is 11.3 Å². The van der Waals surface area contributed by atoms with Crippen LogP contribution in [-0.2, 0) is 4.79 Å². The number of carbonyl (C=O) groups excluding carboxylic acids is 2. The lowest BCUT2D eigenvalue weighted by Crippen LogP contribution is -2.24. The summed E-state index contributed by atoms with van der Waals surface area (Å²) in [6.07, 6.45) is 0.623. The number of aromatic nitrogens is 1. The van der Waals surface area contributed by atoms with Crippen LogP contribution in [0.5, 0.6) is 0 Å². The van der Waals surface area contributed by atoms with Crippen LogP contribution in [0, 0.1) is 5.82 Å².